The number of H-pyrrole nitrogens is 1. The molecule has 2 aromatic carbocycles. The van der Waals surface area contributed by atoms with Crippen molar-refractivity contribution in [2.45, 2.75) is 25.4 Å². The Morgan fingerprint density at radius 3 is 2.60 bits per heavy atom. The first-order valence-corrected chi connectivity index (χ1v) is 13.1. The van der Waals surface area contributed by atoms with Crippen molar-refractivity contribution in [2.75, 3.05) is 23.7 Å². The third kappa shape index (κ3) is 7.08. The summed E-state index contributed by atoms with van der Waals surface area (Å²) in [5.41, 5.74) is 0.877. The van der Waals surface area contributed by atoms with Crippen LogP contribution in [0.3, 0.4) is 0 Å². The summed E-state index contributed by atoms with van der Waals surface area (Å²) in [5.74, 6) is -0.635. The lowest BCUT2D eigenvalue weighted by molar-refractivity contribution is 0.0949. The molecule has 208 valence electrons. The monoisotopic (exact) mass is 601 g/mol. The van der Waals surface area contributed by atoms with Gasteiger partial charge in [0.25, 0.3) is 17.4 Å². The number of fused-ring (bicyclic) bond motifs is 1. The van der Waals surface area contributed by atoms with Gasteiger partial charge < -0.3 is 26.3 Å². The van der Waals surface area contributed by atoms with Crippen LogP contribution < -0.4 is 26.8 Å². The standard InChI is InChI=1S/C27H25Cl2N7O3.ClH/c28-18-3-1-2-15(10-18)13-31-24(37)16-4-5-21(29)22(12-16)34-25(38)20-11-17-14-32-27(36-23(17)35-26(20)39)33-19-6-8-30-9-7-19;/h1-5,10-12,14,19,30H,6-9,13H2,(H,31,37)(H,34,38)(H2,32,33,35,36,39);1H. The van der Waals surface area contributed by atoms with Crippen molar-refractivity contribution in [3.8, 4) is 0 Å². The number of carbonyl (C=O) groups excluding carboxylic acids is 2. The summed E-state index contributed by atoms with van der Waals surface area (Å²) in [5, 5.41) is 13.3. The second-order valence-corrected chi connectivity index (χ2v) is 9.98. The molecule has 0 radical (unpaired) electrons. The minimum Gasteiger partial charge on any atom is -0.351 e. The lowest BCUT2D eigenvalue weighted by Gasteiger charge is -2.23. The summed E-state index contributed by atoms with van der Waals surface area (Å²) < 4.78 is 0. The van der Waals surface area contributed by atoms with Crippen molar-refractivity contribution < 1.29 is 9.59 Å². The lowest BCUT2D eigenvalue weighted by Crippen LogP contribution is -2.35. The molecule has 3 heterocycles. The molecule has 1 aliphatic rings. The number of halogens is 3. The average Bonchev–Trinajstić information content (AvgIpc) is 2.93. The maximum absolute atomic E-state index is 13.0. The Hall–Kier alpha value is -3.70. The van der Waals surface area contributed by atoms with Gasteiger partial charge in [0.05, 0.1) is 10.7 Å². The highest BCUT2D eigenvalue weighted by Gasteiger charge is 2.18. The molecule has 5 N–H and O–H groups in total. The van der Waals surface area contributed by atoms with E-state index in [4.69, 9.17) is 23.2 Å². The number of aromatic amines is 1. The summed E-state index contributed by atoms with van der Waals surface area (Å²) >= 11 is 12.3. The molecule has 1 saturated heterocycles. The Balaban J connectivity index is 0.00000370. The molecule has 0 unspecified atom stereocenters. The second kappa shape index (κ2) is 13.1. The molecule has 0 aliphatic carbocycles. The van der Waals surface area contributed by atoms with E-state index >= 15 is 0 Å². The molecule has 13 heteroatoms. The Morgan fingerprint density at radius 1 is 1.02 bits per heavy atom. The molecule has 0 spiro atoms. The van der Waals surface area contributed by atoms with Gasteiger partial charge in [-0.2, -0.15) is 4.98 Å². The summed E-state index contributed by atoms with van der Waals surface area (Å²) in [6, 6.07) is 13.3. The Kier molecular flexibility index (Phi) is 9.59. The number of aromatic nitrogens is 3. The van der Waals surface area contributed by atoms with Crippen molar-refractivity contribution in [1.82, 2.24) is 25.6 Å². The minimum atomic E-state index is -0.687. The molecule has 4 aromatic rings. The number of amides is 2. The van der Waals surface area contributed by atoms with Crippen LogP contribution in [0.5, 0.6) is 0 Å². The van der Waals surface area contributed by atoms with Crippen molar-refractivity contribution >= 4 is 70.1 Å². The zero-order valence-electron chi connectivity index (χ0n) is 21.1. The van der Waals surface area contributed by atoms with Crippen LogP contribution in [0, 0.1) is 0 Å². The quantitative estimate of drug-likeness (QED) is 0.211. The van der Waals surface area contributed by atoms with Crippen molar-refractivity contribution in [1.29, 1.82) is 0 Å². The molecule has 1 fully saturated rings. The van der Waals surface area contributed by atoms with Gasteiger partial charge >= 0.3 is 0 Å². The molecule has 5 rings (SSSR count). The highest BCUT2D eigenvalue weighted by molar-refractivity contribution is 6.34. The van der Waals surface area contributed by atoms with Crippen LogP contribution in [0.2, 0.25) is 10.0 Å². The van der Waals surface area contributed by atoms with E-state index in [1.165, 1.54) is 18.2 Å². The first-order valence-electron chi connectivity index (χ1n) is 12.4. The smallest absolute Gasteiger partial charge is 0.262 e. The molecule has 0 saturated carbocycles. The molecular weight excluding hydrogens is 577 g/mol. The van der Waals surface area contributed by atoms with E-state index in [0.29, 0.717) is 22.0 Å². The molecule has 2 aromatic heterocycles. The minimum absolute atomic E-state index is 0. The van der Waals surface area contributed by atoms with Crippen LogP contribution >= 0.6 is 35.6 Å². The fraction of sp³-hybridized carbons (Fsp3) is 0.222. The van der Waals surface area contributed by atoms with Gasteiger partial charge in [0.15, 0.2) is 0 Å². The fourth-order valence-electron chi connectivity index (χ4n) is 4.26. The van der Waals surface area contributed by atoms with E-state index in [1.54, 1.807) is 30.5 Å². The third-order valence-corrected chi connectivity index (χ3v) is 6.89. The maximum atomic E-state index is 13.0. The van der Waals surface area contributed by atoms with Crippen LogP contribution in [0.1, 0.15) is 39.1 Å². The van der Waals surface area contributed by atoms with E-state index in [2.05, 4.69) is 36.2 Å². The Morgan fingerprint density at radius 2 is 1.82 bits per heavy atom. The first-order chi connectivity index (χ1) is 18.9. The Labute approximate surface area is 245 Å². The molecule has 2 amide bonds. The van der Waals surface area contributed by atoms with Gasteiger partial charge in [-0.25, -0.2) is 4.98 Å². The van der Waals surface area contributed by atoms with Gasteiger partial charge in [-0.3, -0.25) is 14.4 Å². The lowest BCUT2D eigenvalue weighted by atomic mass is 10.1. The van der Waals surface area contributed by atoms with Gasteiger partial charge in [-0.05, 0) is 67.9 Å². The van der Waals surface area contributed by atoms with Gasteiger partial charge in [0, 0.05) is 34.8 Å². The zero-order valence-corrected chi connectivity index (χ0v) is 23.4. The van der Waals surface area contributed by atoms with Gasteiger partial charge in [0.2, 0.25) is 5.95 Å². The highest BCUT2D eigenvalue weighted by atomic mass is 35.5. The fourth-order valence-corrected chi connectivity index (χ4v) is 4.64. The molecule has 0 bridgehead atoms. The van der Waals surface area contributed by atoms with Crippen LogP contribution in [-0.4, -0.2) is 45.9 Å². The first kappa shape index (κ1) is 29.3. The van der Waals surface area contributed by atoms with Crippen LogP contribution in [-0.2, 0) is 6.54 Å². The number of nitrogens with one attached hydrogen (secondary N) is 5. The van der Waals surface area contributed by atoms with Crippen molar-refractivity contribution in [2.24, 2.45) is 0 Å². The van der Waals surface area contributed by atoms with E-state index in [-0.39, 0.29) is 52.7 Å². The molecule has 10 nitrogen and oxygen atoms in total. The number of piperidine rings is 1. The number of pyridine rings is 1. The maximum Gasteiger partial charge on any atom is 0.262 e. The van der Waals surface area contributed by atoms with Gasteiger partial charge in [-0.15, -0.1) is 12.4 Å². The zero-order chi connectivity index (χ0) is 27.4. The van der Waals surface area contributed by atoms with Crippen LogP contribution in [0.15, 0.2) is 59.5 Å². The van der Waals surface area contributed by atoms with Gasteiger partial charge in [0.1, 0.15) is 11.2 Å². The van der Waals surface area contributed by atoms with Crippen LogP contribution in [0.25, 0.3) is 11.0 Å². The number of anilines is 2. The summed E-state index contributed by atoms with van der Waals surface area (Å²) in [7, 11) is 0. The molecule has 0 atom stereocenters. The van der Waals surface area contributed by atoms with E-state index in [1.807, 2.05) is 6.07 Å². The number of carbonyl (C=O) groups is 2. The van der Waals surface area contributed by atoms with Gasteiger partial charge in [-0.1, -0.05) is 35.3 Å². The SMILES string of the molecule is Cl.O=C(NCc1cccc(Cl)c1)c1ccc(Cl)c(NC(=O)c2cc3cnc(NC4CCNCC4)nc3[nH]c2=O)c1. The summed E-state index contributed by atoms with van der Waals surface area (Å²) in [6.45, 7) is 2.11. The van der Waals surface area contributed by atoms with Crippen molar-refractivity contribution in [3.63, 3.8) is 0 Å². The molecular formula is C27H26Cl3N7O3. The normalized spacial score (nSPS) is 13.3. The van der Waals surface area contributed by atoms with E-state index in [9.17, 15) is 14.4 Å². The van der Waals surface area contributed by atoms with E-state index < -0.39 is 11.5 Å². The third-order valence-electron chi connectivity index (χ3n) is 6.33. The predicted molar refractivity (Wildman–Crippen MR) is 159 cm³/mol. The number of nitrogens with zero attached hydrogens (tertiary/aromatic N) is 2. The molecule has 40 heavy (non-hydrogen) atoms. The number of benzene rings is 2. The second-order valence-electron chi connectivity index (χ2n) is 9.14. The summed E-state index contributed by atoms with van der Waals surface area (Å²) in [6.07, 6.45) is 3.45. The van der Waals surface area contributed by atoms with E-state index in [0.717, 1.165) is 31.5 Å². The number of hydrogen-bond acceptors (Lipinski definition) is 7. The molecule has 1 aliphatic heterocycles. The number of hydrogen-bond donors (Lipinski definition) is 5. The van der Waals surface area contributed by atoms with Crippen LogP contribution in [0.4, 0.5) is 11.6 Å². The topological polar surface area (TPSA) is 141 Å². The highest BCUT2D eigenvalue weighted by Crippen LogP contribution is 2.24. The largest absolute Gasteiger partial charge is 0.351 e. The van der Waals surface area contributed by atoms with Crippen molar-refractivity contribution in [3.05, 3.63) is 91.8 Å². The Bertz CT molecular complexity index is 1610. The number of rotatable bonds is 7. The average molecular weight is 603 g/mol. The predicted octanol–water partition coefficient (Wildman–Crippen LogP) is 4.39. The summed E-state index contributed by atoms with van der Waals surface area (Å²) in [4.78, 5) is 49.9.